The van der Waals surface area contributed by atoms with Gasteiger partial charge in [-0.25, -0.2) is 0 Å². The molecule has 0 aromatic rings. The molecule has 0 bridgehead atoms. The fraction of sp³-hybridized carbons (Fsp3) is 0.750. The second-order valence-corrected chi connectivity index (χ2v) is 8.84. The maximum absolute atomic E-state index is 11.7. The van der Waals surface area contributed by atoms with Crippen molar-refractivity contribution in [1.29, 1.82) is 0 Å². The molecule has 0 aromatic carbocycles. The van der Waals surface area contributed by atoms with Crippen LogP contribution in [0.1, 0.15) is 59.3 Å². The summed E-state index contributed by atoms with van der Waals surface area (Å²) in [4.78, 5) is 11.7. The van der Waals surface area contributed by atoms with E-state index >= 15 is 0 Å². The Kier molecular flexibility index (Phi) is 2.85. The highest BCUT2D eigenvalue weighted by molar-refractivity contribution is 6.01. The van der Waals surface area contributed by atoms with Crippen LogP contribution in [0.2, 0.25) is 0 Å². The second-order valence-electron chi connectivity index (χ2n) is 8.84. The first kappa shape index (κ1) is 13.8. The van der Waals surface area contributed by atoms with Gasteiger partial charge in [0.05, 0.1) is 0 Å². The molecule has 3 saturated carbocycles. The zero-order valence-electron chi connectivity index (χ0n) is 13.7. The van der Waals surface area contributed by atoms with Crippen molar-refractivity contribution in [3.8, 4) is 0 Å². The number of hydrogen-bond donors (Lipinski definition) is 0. The molecule has 4 rings (SSSR count). The summed E-state index contributed by atoms with van der Waals surface area (Å²) in [6.07, 6.45) is 14.1. The molecule has 4 aliphatic carbocycles. The molecule has 1 heteroatoms. The van der Waals surface area contributed by atoms with E-state index in [-0.39, 0.29) is 11.2 Å². The Labute approximate surface area is 128 Å². The minimum absolute atomic E-state index is 0.171. The zero-order valence-corrected chi connectivity index (χ0v) is 13.7. The van der Waals surface area contributed by atoms with Crippen LogP contribution in [0.4, 0.5) is 0 Å². The summed E-state index contributed by atoms with van der Waals surface area (Å²) < 4.78 is 0. The Morgan fingerprint density at radius 2 is 2.00 bits per heavy atom. The molecule has 4 aliphatic rings. The largest absolute Gasteiger partial charge is 0.290 e. The van der Waals surface area contributed by atoms with Crippen molar-refractivity contribution >= 4 is 5.78 Å². The Morgan fingerprint density at radius 1 is 1.19 bits per heavy atom. The first-order chi connectivity index (χ1) is 9.92. The predicted molar refractivity (Wildman–Crippen MR) is 85.8 cm³/mol. The first-order valence-electron chi connectivity index (χ1n) is 8.87. The second kappa shape index (κ2) is 4.33. The van der Waals surface area contributed by atoms with Crippen LogP contribution in [-0.4, -0.2) is 5.78 Å². The van der Waals surface area contributed by atoms with Crippen LogP contribution in [0.25, 0.3) is 0 Å². The molecule has 0 amide bonds. The number of rotatable bonds is 0. The van der Waals surface area contributed by atoms with Gasteiger partial charge in [-0.05, 0) is 79.8 Å². The van der Waals surface area contributed by atoms with Gasteiger partial charge in [-0.3, -0.25) is 4.79 Å². The maximum Gasteiger partial charge on any atom is 0.178 e. The van der Waals surface area contributed by atoms with Crippen LogP contribution < -0.4 is 0 Å². The molecule has 6 atom stereocenters. The number of hydrogen-bond acceptors (Lipinski definition) is 1. The molecule has 0 unspecified atom stereocenters. The summed E-state index contributed by atoms with van der Waals surface area (Å²) in [5.41, 5.74) is 2.20. The van der Waals surface area contributed by atoms with Gasteiger partial charge in [0.15, 0.2) is 5.78 Å². The molecule has 0 heterocycles. The molecule has 0 saturated heterocycles. The zero-order chi connectivity index (χ0) is 14.8. The molecule has 0 N–H and O–H groups in total. The third-order valence-corrected chi connectivity index (χ3v) is 7.55. The fourth-order valence-corrected chi connectivity index (χ4v) is 6.62. The van der Waals surface area contributed by atoms with Gasteiger partial charge >= 0.3 is 0 Å². The summed E-state index contributed by atoms with van der Waals surface area (Å²) in [6, 6.07) is 0. The summed E-state index contributed by atoms with van der Waals surface area (Å²) >= 11 is 0. The summed E-state index contributed by atoms with van der Waals surface area (Å²) in [6.45, 7) is 7.42. The summed E-state index contributed by atoms with van der Waals surface area (Å²) in [7, 11) is 0. The smallest absolute Gasteiger partial charge is 0.178 e. The third-order valence-electron chi connectivity index (χ3n) is 7.55. The molecule has 0 radical (unpaired) electrons. The Morgan fingerprint density at radius 3 is 2.81 bits per heavy atom. The fourth-order valence-electron chi connectivity index (χ4n) is 6.62. The highest BCUT2D eigenvalue weighted by Gasteiger charge is 2.56. The SMILES string of the molecule is C[C@H]1C[C@H]2[C@@H]3CCC4=CC(=O)C=C[C@]4(C)[C@H]3CC[C@]2(C)C1. The van der Waals surface area contributed by atoms with Crippen LogP contribution in [0.15, 0.2) is 23.8 Å². The average molecular weight is 284 g/mol. The summed E-state index contributed by atoms with van der Waals surface area (Å²) in [5, 5.41) is 0. The van der Waals surface area contributed by atoms with Crippen molar-refractivity contribution in [1.82, 2.24) is 0 Å². The minimum atomic E-state index is 0.171. The van der Waals surface area contributed by atoms with Gasteiger partial charge < -0.3 is 0 Å². The highest BCUT2D eigenvalue weighted by atomic mass is 16.1. The van der Waals surface area contributed by atoms with Crippen LogP contribution in [0, 0.1) is 34.5 Å². The predicted octanol–water partition coefficient (Wildman–Crippen LogP) is 4.93. The van der Waals surface area contributed by atoms with Crippen molar-refractivity contribution in [2.24, 2.45) is 34.5 Å². The molecule has 1 nitrogen and oxygen atoms in total. The van der Waals surface area contributed by atoms with Crippen molar-refractivity contribution in [2.75, 3.05) is 0 Å². The Hall–Kier alpha value is -0.850. The van der Waals surface area contributed by atoms with E-state index in [0.29, 0.717) is 5.41 Å². The van der Waals surface area contributed by atoms with Gasteiger partial charge in [-0.2, -0.15) is 0 Å². The molecule has 114 valence electrons. The van der Waals surface area contributed by atoms with Gasteiger partial charge in [0.2, 0.25) is 0 Å². The minimum Gasteiger partial charge on any atom is -0.290 e. The lowest BCUT2D eigenvalue weighted by Crippen LogP contribution is -2.48. The lowest BCUT2D eigenvalue weighted by atomic mass is 9.48. The topological polar surface area (TPSA) is 17.1 Å². The van der Waals surface area contributed by atoms with Gasteiger partial charge in [0, 0.05) is 5.41 Å². The molecule has 21 heavy (non-hydrogen) atoms. The van der Waals surface area contributed by atoms with E-state index in [1.165, 1.54) is 37.7 Å². The number of carbonyl (C=O) groups is 1. The number of ketones is 1. The lowest BCUT2D eigenvalue weighted by Gasteiger charge is -2.56. The van der Waals surface area contributed by atoms with E-state index in [1.807, 2.05) is 12.2 Å². The van der Waals surface area contributed by atoms with Crippen molar-refractivity contribution in [3.05, 3.63) is 23.8 Å². The van der Waals surface area contributed by atoms with E-state index in [2.05, 4.69) is 26.8 Å². The van der Waals surface area contributed by atoms with E-state index < -0.39 is 0 Å². The van der Waals surface area contributed by atoms with Crippen LogP contribution in [0.3, 0.4) is 0 Å². The molecule has 0 aliphatic heterocycles. The van der Waals surface area contributed by atoms with Crippen LogP contribution in [0.5, 0.6) is 0 Å². The summed E-state index contributed by atoms with van der Waals surface area (Å²) in [5.74, 6) is 3.69. The van der Waals surface area contributed by atoms with Gasteiger partial charge in [0.25, 0.3) is 0 Å². The quantitative estimate of drug-likeness (QED) is 0.616. The monoisotopic (exact) mass is 284 g/mol. The van der Waals surface area contributed by atoms with Crippen molar-refractivity contribution in [3.63, 3.8) is 0 Å². The molecular formula is C20H28O. The van der Waals surface area contributed by atoms with Crippen molar-refractivity contribution in [2.45, 2.75) is 59.3 Å². The standard InChI is InChI=1S/C20H28O/c1-13-10-18-16-5-4-14-11-15(21)6-9-20(14,3)17(16)7-8-19(18,2)12-13/h6,9,11,13,16-18H,4-5,7-8,10,12H2,1-3H3/t13-,16+,17-,18-,19+,20-/m0/s1. The number of allylic oxidation sites excluding steroid dienone is 4. The Balaban J connectivity index is 1.70. The molecular weight excluding hydrogens is 256 g/mol. The average Bonchev–Trinajstić information content (AvgIpc) is 2.74. The van der Waals surface area contributed by atoms with Crippen LogP contribution in [-0.2, 0) is 4.79 Å². The normalized spacial score (nSPS) is 52.0. The highest BCUT2D eigenvalue weighted by Crippen LogP contribution is 2.65. The van der Waals surface area contributed by atoms with Gasteiger partial charge in [0.1, 0.15) is 0 Å². The van der Waals surface area contributed by atoms with E-state index in [1.54, 1.807) is 0 Å². The Bertz CT molecular complexity index is 542. The van der Waals surface area contributed by atoms with E-state index in [0.717, 1.165) is 30.1 Å². The molecule has 3 fully saturated rings. The van der Waals surface area contributed by atoms with Crippen LogP contribution >= 0.6 is 0 Å². The van der Waals surface area contributed by atoms with E-state index in [4.69, 9.17) is 0 Å². The van der Waals surface area contributed by atoms with Gasteiger partial charge in [-0.15, -0.1) is 0 Å². The molecule has 0 spiro atoms. The van der Waals surface area contributed by atoms with Crippen molar-refractivity contribution < 1.29 is 4.79 Å². The number of fused-ring (bicyclic) bond motifs is 5. The first-order valence-corrected chi connectivity index (χ1v) is 8.87. The lowest BCUT2D eigenvalue weighted by molar-refractivity contribution is -0.111. The van der Waals surface area contributed by atoms with Gasteiger partial charge in [-0.1, -0.05) is 32.4 Å². The maximum atomic E-state index is 11.7. The third kappa shape index (κ3) is 1.85. The van der Waals surface area contributed by atoms with E-state index in [9.17, 15) is 4.79 Å². The molecule has 0 aromatic heterocycles. The number of carbonyl (C=O) groups excluding carboxylic acids is 1.